The number of halogens is 4. The van der Waals surface area contributed by atoms with Crippen molar-refractivity contribution in [1.82, 2.24) is 0 Å². The number of ether oxygens (including phenoxy) is 1. The van der Waals surface area contributed by atoms with Crippen LogP contribution in [0.15, 0.2) is 29.2 Å². The fraction of sp³-hybridized carbons (Fsp3) is 0.250. The molecule has 0 aliphatic carbocycles. The van der Waals surface area contributed by atoms with Gasteiger partial charge in [0.25, 0.3) is 0 Å². The van der Waals surface area contributed by atoms with E-state index in [4.69, 9.17) is 0 Å². The van der Waals surface area contributed by atoms with E-state index in [0.717, 1.165) is 0 Å². The zero-order valence-corrected chi connectivity index (χ0v) is 11.8. The minimum absolute atomic E-state index is 0. The predicted octanol–water partition coefficient (Wildman–Crippen LogP) is -1.17. The van der Waals surface area contributed by atoms with Gasteiger partial charge in [-0.05, 0) is 24.3 Å². The maximum Gasteiger partial charge on any atom is 1.00 e. The zero-order valence-electron chi connectivity index (χ0n) is 8.94. The SMILES string of the molecule is O=S(=O)([O-])c1ccc(OC(F)(F)C(F)F)cc1.[Na+]. The van der Waals surface area contributed by atoms with E-state index in [0.29, 0.717) is 24.3 Å². The largest absolute Gasteiger partial charge is 1.00 e. The normalized spacial score (nSPS) is 12.1. The Kier molecular flexibility index (Phi) is 6.08. The summed E-state index contributed by atoms with van der Waals surface area (Å²) in [5.74, 6) is -0.678. The Labute approximate surface area is 122 Å². The zero-order chi connectivity index (χ0) is 13.3. The van der Waals surface area contributed by atoms with E-state index in [-0.39, 0.29) is 29.6 Å². The fourth-order valence-corrected chi connectivity index (χ4v) is 1.35. The van der Waals surface area contributed by atoms with Gasteiger partial charge in [0.1, 0.15) is 15.9 Å². The molecule has 1 rings (SSSR count). The number of rotatable bonds is 4. The van der Waals surface area contributed by atoms with E-state index in [1.807, 2.05) is 0 Å². The predicted molar refractivity (Wildman–Crippen MR) is 46.0 cm³/mol. The molecule has 0 aliphatic heterocycles. The summed E-state index contributed by atoms with van der Waals surface area (Å²) >= 11 is 0. The van der Waals surface area contributed by atoms with Crippen molar-refractivity contribution in [3.8, 4) is 5.75 Å². The van der Waals surface area contributed by atoms with Gasteiger partial charge in [0.15, 0.2) is 0 Å². The number of benzene rings is 1. The Balaban J connectivity index is 0.00000289. The molecule has 0 atom stereocenters. The second-order valence-electron chi connectivity index (χ2n) is 2.89. The van der Waals surface area contributed by atoms with Crippen LogP contribution in [0.5, 0.6) is 5.75 Å². The maximum absolute atomic E-state index is 12.4. The first-order valence-corrected chi connectivity index (χ1v) is 5.45. The minimum atomic E-state index is -4.72. The Bertz CT molecular complexity index is 488. The quantitative estimate of drug-likeness (QED) is 0.399. The standard InChI is InChI=1S/C8H6F4O4S.Na/c9-7(10)8(11,12)16-5-1-3-6(4-2-5)17(13,14)15;/h1-4,7H,(H,13,14,15);/q;+1/p-1. The van der Waals surface area contributed by atoms with Crippen molar-refractivity contribution < 1.29 is 64.8 Å². The summed E-state index contributed by atoms with van der Waals surface area (Å²) in [5.41, 5.74) is 0. The molecule has 0 amide bonds. The molecule has 0 saturated carbocycles. The summed E-state index contributed by atoms with van der Waals surface area (Å²) in [5, 5.41) is 0. The number of hydrogen-bond donors (Lipinski definition) is 0. The van der Waals surface area contributed by atoms with E-state index in [1.54, 1.807) is 0 Å². The van der Waals surface area contributed by atoms with Crippen LogP contribution in [-0.2, 0) is 10.1 Å². The molecule has 0 fully saturated rings. The van der Waals surface area contributed by atoms with Crippen molar-refractivity contribution >= 4 is 10.1 Å². The molecular formula is C8H5F4NaO4S. The third-order valence-electron chi connectivity index (χ3n) is 1.62. The van der Waals surface area contributed by atoms with Gasteiger partial charge in [0, 0.05) is 0 Å². The summed E-state index contributed by atoms with van der Waals surface area (Å²) in [7, 11) is -4.72. The summed E-state index contributed by atoms with van der Waals surface area (Å²) in [6, 6.07) is 2.72. The Morgan fingerprint density at radius 1 is 1.17 bits per heavy atom. The van der Waals surface area contributed by atoms with E-state index in [9.17, 15) is 30.5 Å². The number of hydrogen-bond acceptors (Lipinski definition) is 4. The Morgan fingerprint density at radius 2 is 1.61 bits per heavy atom. The second-order valence-corrected chi connectivity index (χ2v) is 4.27. The third-order valence-corrected chi connectivity index (χ3v) is 2.47. The molecule has 0 aliphatic rings. The van der Waals surface area contributed by atoms with Crippen LogP contribution in [-0.4, -0.2) is 25.5 Å². The molecule has 0 bridgehead atoms. The molecule has 0 aromatic heterocycles. The van der Waals surface area contributed by atoms with Crippen LogP contribution in [0.4, 0.5) is 17.6 Å². The van der Waals surface area contributed by atoms with Gasteiger partial charge in [-0.15, -0.1) is 0 Å². The molecule has 0 saturated heterocycles. The van der Waals surface area contributed by atoms with Gasteiger partial charge in [0.05, 0.1) is 4.90 Å². The topological polar surface area (TPSA) is 66.4 Å². The van der Waals surface area contributed by atoms with Gasteiger partial charge in [-0.1, -0.05) is 0 Å². The molecule has 10 heteroatoms. The molecule has 96 valence electrons. The molecule has 0 N–H and O–H groups in total. The first kappa shape index (κ1) is 17.6. The van der Waals surface area contributed by atoms with Crippen LogP contribution in [0.2, 0.25) is 0 Å². The van der Waals surface area contributed by atoms with Crippen molar-refractivity contribution in [2.75, 3.05) is 0 Å². The summed E-state index contributed by atoms with van der Waals surface area (Å²) in [6.07, 6.45) is -8.71. The molecule has 4 nitrogen and oxygen atoms in total. The van der Waals surface area contributed by atoms with Gasteiger partial charge < -0.3 is 9.29 Å². The molecule has 18 heavy (non-hydrogen) atoms. The van der Waals surface area contributed by atoms with Gasteiger partial charge >= 0.3 is 42.1 Å². The monoisotopic (exact) mass is 296 g/mol. The van der Waals surface area contributed by atoms with Crippen LogP contribution in [0.3, 0.4) is 0 Å². The first-order chi connectivity index (χ1) is 7.63. The molecule has 0 heterocycles. The third kappa shape index (κ3) is 4.73. The van der Waals surface area contributed by atoms with Gasteiger partial charge in [-0.2, -0.15) is 17.6 Å². The summed E-state index contributed by atoms with van der Waals surface area (Å²) in [6.45, 7) is 0. The van der Waals surface area contributed by atoms with Crippen LogP contribution >= 0.6 is 0 Å². The average molecular weight is 296 g/mol. The number of alkyl halides is 4. The Morgan fingerprint density at radius 3 is 1.94 bits per heavy atom. The summed E-state index contributed by atoms with van der Waals surface area (Å²) in [4.78, 5) is -0.676. The van der Waals surface area contributed by atoms with Crippen molar-refractivity contribution in [3.05, 3.63) is 24.3 Å². The van der Waals surface area contributed by atoms with Crippen molar-refractivity contribution in [3.63, 3.8) is 0 Å². The molecule has 1 aromatic rings. The second kappa shape index (κ2) is 6.20. The van der Waals surface area contributed by atoms with Crippen LogP contribution in [0.25, 0.3) is 0 Å². The fourth-order valence-electron chi connectivity index (χ4n) is 0.876. The van der Waals surface area contributed by atoms with Crippen molar-refractivity contribution in [2.24, 2.45) is 0 Å². The Hall–Kier alpha value is -0.350. The van der Waals surface area contributed by atoms with Gasteiger partial charge in [-0.25, -0.2) is 8.42 Å². The molecule has 0 spiro atoms. The van der Waals surface area contributed by atoms with Gasteiger partial charge in [0.2, 0.25) is 0 Å². The van der Waals surface area contributed by atoms with E-state index < -0.39 is 33.3 Å². The van der Waals surface area contributed by atoms with Crippen molar-refractivity contribution in [1.29, 1.82) is 0 Å². The van der Waals surface area contributed by atoms with E-state index in [2.05, 4.69) is 4.74 Å². The molecule has 0 unspecified atom stereocenters. The minimum Gasteiger partial charge on any atom is -0.744 e. The first-order valence-electron chi connectivity index (χ1n) is 4.04. The van der Waals surface area contributed by atoms with E-state index in [1.165, 1.54) is 0 Å². The van der Waals surface area contributed by atoms with E-state index >= 15 is 0 Å². The van der Waals surface area contributed by atoms with Crippen molar-refractivity contribution in [2.45, 2.75) is 17.4 Å². The van der Waals surface area contributed by atoms with Crippen LogP contribution in [0.1, 0.15) is 0 Å². The molecule has 0 radical (unpaired) electrons. The molecule has 1 aromatic carbocycles. The smallest absolute Gasteiger partial charge is 0.744 e. The summed E-state index contributed by atoms with van der Waals surface area (Å²) < 4.78 is 83.4. The molecular weight excluding hydrogens is 291 g/mol. The van der Waals surface area contributed by atoms with Crippen LogP contribution < -0.4 is 34.3 Å². The maximum atomic E-state index is 12.4. The van der Waals surface area contributed by atoms with Gasteiger partial charge in [-0.3, -0.25) is 0 Å². The van der Waals surface area contributed by atoms with Crippen LogP contribution in [0, 0.1) is 0 Å². The average Bonchev–Trinajstić information content (AvgIpc) is 2.16.